The van der Waals surface area contributed by atoms with Crippen LogP contribution in [0.5, 0.6) is 17.2 Å². The third kappa shape index (κ3) is 4.03. The van der Waals surface area contributed by atoms with Crippen molar-refractivity contribution in [2.75, 3.05) is 21.3 Å². The molecule has 0 bridgehead atoms. The lowest BCUT2D eigenvalue weighted by atomic mass is 10.1. The minimum absolute atomic E-state index is 0.0964. The minimum Gasteiger partial charge on any atom is -0.496 e. The Morgan fingerprint density at radius 1 is 0.852 bits per heavy atom. The molecular formula is C22H21NO4. The number of hydrogen-bond acceptors (Lipinski definition) is 4. The van der Waals surface area contributed by atoms with Crippen LogP contribution in [0, 0.1) is 0 Å². The van der Waals surface area contributed by atoms with Crippen LogP contribution in [0.3, 0.4) is 0 Å². The Labute approximate surface area is 158 Å². The van der Waals surface area contributed by atoms with Gasteiger partial charge in [0.15, 0.2) is 17.3 Å². The molecule has 0 unspecified atom stereocenters. The van der Waals surface area contributed by atoms with Gasteiger partial charge in [-0.05, 0) is 42.5 Å². The number of ether oxygens (including phenoxy) is 3. The van der Waals surface area contributed by atoms with E-state index in [2.05, 4.69) is 0 Å². The van der Waals surface area contributed by atoms with Crippen molar-refractivity contribution in [2.24, 2.45) is 0 Å². The molecule has 0 N–H and O–H groups in total. The summed E-state index contributed by atoms with van der Waals surface area (Å²) in [6, 6.07) is 14.9. The van der Waals surface area contributed by atoms with E-state index < -0.39 is 0 Å². The SMILES string of the molecule is COc1cc(OC)c(OC)cc1/C=C/C(=O)c1cccc(-n2cccc2)c1. The van der Waals surface area contributed by atoms with Crippen molar-refractivity contribution in [3.8, 4) is 22.9 Å². The summed E-state index contributed by atoms with van der Waals surface area (Å²) < 4.78 is 17.9. The number of ketones is 1. The van der Waals surface area contributed by atoms with Crippen molar-refractivity contribution in [3.63, 3.8) is 0 Å². The van der Waals surface area contributed by atoms with Crippen LogP contribution in [-0.2, 0) is 0 Å². The van der Waals surface area contributed by atoms with Gasteiger partial charge in [-0.3, -0.25) is 4.79 Å². The molecule has 0 radical (unpaired) electrons. The van der Waals surface area contributed by atoms with E-state index in [1.54, 1.807) is 45.6 Å². The van der Waals surface area contributed by atoms with Gasteiger partial charge in [-0.2, -0.15) is 0 Å². The number of carbonyl (C=O) groups is 1. The van der Waals surface area contributed by atoms with Gasteiger partial charge in [0.25, 0.3) is 0 Å². The zero-order valence-corrected chi connectivity index (χ0v) is 15.5. The molecular weight excluding hydrogens is 342 g/mol. The van der Waals surface area contributed by atoms with Crippen LogP contribution in [0.2, 0.25) is 0 Å². The molecule has 138 valence electrons. The maximum atomic E-state index is 12.6. The largest absolute Gasteiger partial charge is 0.496 e. The number of aromatic nitrogens is 1. The van der Waals surface area contributed by atoms with Gasteiger partial charge in [-0.15, -0.1) is 0 Å². The Kier molecular flexibility index (Phi) is 5.61. The Bertz CT molecular complexity index is 958. The average Bonchev–Trinajstić information content (AvgIpc) is 3.26. The van der Waals surface area contributed by atoms with Crippen LogP contribution in [0.4, 0.5) is 0 Å². The second-order valence-electron chi connectivity index (χ2n) is 5.79. The van der Waals surface area contributed by atoms with Crippen molar-refractivity contribution in [2.45, 2.75) is 0 Å². The number of allylic oxidation sites excluding steroid dienone is 1. The molecule has 0 saturated heterocycles. The van der Waals surface area contributed by atoms with Gasteiger partial charge in [0.2, 0.25) is 0 Å². The van der Waals surface area contributed by atoms with E-state index in [1.165, 1.54) is 6.08 Å². The van der Waals surface area contributed by atoms with Gasteiger partial charge in [0, 0.05) is 35.3 Å². The Hall–Kier alpha value is -3.47. The zero-order chi connectivity index (χ0) is 19.2. The molecule has 0 amide bonds. The maximum absolute atomic E-state index is 12.6. The highest BCUT2D eigenvalue weighted by molar-refractivity contribution is 6.07. The fourth-order valence-electron chi connectivity index (χ4n) is 2.77. The van der Waals surface area contributed by atoms with Gasteiger partial charge in [-0.1, -0.05) is 12.1 Å². The smallest absolute Gasteiger partial charge is 0.185 e. The summed E-state index contributed by atoms with van der Waals surface area (Å²) in [6.07, 6.45) is 7.12. The fraction of sp³-hybridized carbons (Fsp3) is 0.136. The lowest BCUT2D eigenvalue weighted by molar-refractivity contribution is 0.104. The standard InChI is InChI=1S/C22H21NO4/c1-25-20-15-22(27-3)21(26-2)14-17(20)9-10-19(24)16-7-6-8-18(13-16)23-11-4-5-12-23/h4-15H,1-3H3/b10-9+. The van der Waals surface area contributed by atoms with E-state index in [-0.39, 0.29) is 5.78 Å². The van der Waals surface area contributed by atoms with Gasteiger partial charge in [0.1, 0.15) is 5.75 Å². The van der Waals surface area contributed by atoms with Crippen molar-refractivity contribution in [3.05, 3.63) is 78.1 Å². The predicted molar refractivity (Wildman–Crippen MR) is 105 cm³/mol. The summed E-state index contributed by atoms with van der Waals surface area (Å²) in [4.78, 5) is 12.6. The van der Waals surface area contributed by atoms with Gasteiger partial charge >= 0.3 is 0 Å². The molecule has 0 fully saturated rings. The molecule has 0 aliphatic rings. The molecule has 1 aromatic heterocycles. The summed E-state index contributed by atoms with van der Waals surface area (Å²) in [5, 5.41) is 0. The third-order valence-corrected chi connectivity index (χ3v) is 4.18. The Balaban J connectivity index is 1.88. The number of benzene rings is 2. The predicted octanol–water partition coefficient (Wildman–Crippen LogP) is 4.40. The van der Waals surface area contributed by atoms with E-state index in [0.29, 0.717) is 22.8 Å². The number of carbonyl (C=O) groups excluding carboxylic acids is 1. The topological polar surface area (TPSA) is 49.7 Å². The second-order valence-corrected chi connectivity index (χ2v) is 5.79. The molecule has 0 aliphatic carbocycles. The van der Waals surface area contributed by atoms with Crippen molar-refractivity contribution >= 4 is 11.9 Å². The zero-order valence-electron chi connectivity index (χ0n) is 15.5. The molecule has 2 aromatic carbocycles. The quantitative estimate of drug-likeness (QED) is 0.461. The summed E-state index contributed by atoms with van der Waals surface area (Å²) in [6.45, 7) is 0. The van der Waals surface area contributed by atoms with Crippen LogP contribution in [0.25, 0.3) is 11.8 Å². The minimum atomic E-state index is -0.0964. The Morgan fingerprint density at radius 2 is 1.52 bits per heavy atom. The normalized spacial score (nSPS) is 10.8. The van der Waals surface area contributed by atoms with Crippen molar-refractivity contribution in [1.29, 1.82) is 0 Å². The molecule has 5 nitrogen and oxygen atoms in total. The van der Waals surface area contributed by atoms with Crippen LogP contribution in [0.15, 0.2) is 67.0 Å². The first-order chi connectivity index (χ1) is 13.2. The molecule has 5 heteroatoms. The van der Waals surface area contributed by atoms with E-state index in [1.807, 2.05) is 47.3 Å². The molecule has 0 spiro atoms. The van der Waals surface area contributed by atoms with Crippen molar-refractivity contribution in [1.82, 2.24) is 4.57 Å². The number of rotatable bonds is 7. The highest BCUT2D eigenvalue weighted by Crippen LogP contribution is 2.35. The molecule has 0 atom stereocenters. The van der Waals surface area contributed by atoms with Crippen LogP contribution in [-0.4, -0.2) is 31.7 Å². The highest BCUT2D eigenvalue weighted by atomic mass is 16.5. The van der Waals surface area contributed by atoms with Gasteiger partial charge in [-0.25, -0.2) is 0 Å². The third-order valence-electron chi connectivity index (χ3n) is 4.18. The fourth-order valence-corrected chi connectivity index (χ4v) is 2.77. The summed E-state index contributed by atoms with van der Waals surface area (Å²) in [5.41, 5.74) is 2.27. The first kappa shape index (κ1) is 18.3. The first-order valence-corrected chi connectivity index (χ1v) is 8.42. The summed E-state index contributed by atoms with van der Waals surface area (Å²) in [5.74, 6) is 1.64. The van der Waals surface area contributed by atoms with Crippen molar-refractivity contribution < 1.29 is 19.0 Å². The lowest BCUT2D eigenvalue weighted by Crippen LogP contribution is -1.98. The molecule has 1 heterocycles. The lowest BCUT2D eigenvalue weighted by Gasteiger charge is -2.12. The number of nitrogens with zero attached hydrogens (tertiary/aromatic N) is 1. The molecule has 0 saturated carbocycles. The van der Waals surface area contributed by atoms with E-state index in [0.717, 1.165) is 11.3 Å². The molecule has 0 aliphatic heterocycles. The maximum Gasteiger partial charge on any atom is 0.185 e. The molecule has 27 heavy (non-hydrogen) atoms. The highest BCUT2D eigenvalue weighted by Gasteiger charge is 2.11. The van der Waals surface area contributed by atoms with E-state index in [4.69, 9.17) is 14.2 Å². The Morgan fingerprint density at radius 3 is 2.19 bits per heavy atom. The molecule has 3 aromatic rings. The second kappa shape index (κ2) is 8.27. The summed E-state index contributed by atoms with van der Waals surface area (Å²) >= 11 is 0. The van der Waals surface area contributed by atoms with E-state index in [9.17, 15) is 4.79 Å². The van der Waals surface area contributed by atoms with Gasteiger partial charge < -0.3 is 18.8 Å². The van der Waals surface area contributed by atoms with E-state index >= 15 is 0 Å². The number of methoxy groups -OCH3 is 3. The molecule has 3 rings (SSSR count). The summed E-state index contributed by atoms with van der Waals surface area (Å²) in [7, 11) is 4.70. The van der Waals surface area contributed by atoms with Crippen LogP contribution < -0.4 is 14.2 Å². The number of hydrogen-bond donors (Lipinski definition) is 0. The monoisotopic (exact) mass is 363 g/mol. The van der Waals surface area contributed by atoms with Gasteiger partial charge in [0.05, 0.1) is 21.3 Å². The van der Waals surface area contributed by atoms with Crippen LogP contribution >= 0.6 is 0 Å². The first-order valence-electron chi connectivity index (χ1n) is 8.42. The average molecular weight is 363 g/mol. The van der Waals surface area contributed by atoms with Crippen LogP contribution in [0.1, 0.15) is 15.9 Å².